The van der Waals surface area contributed by atoms with E-state index >= 15 is 0 Å². The lowest BCUT2D eigenvalue weighted by atomic mass is 10.3. The van der Waals surface area contributed by atoms with Crippen LogP contribution >= 0.6 is 0 Å². The molecule has 0 heterocycles. The molecule has 12 heteroatoms. The Balaban J connectivity index is 1.55. The van der Waals surface area contributed by atoms with Gasteiger partial charge in [-0.25, -0.2) is 19.2 Å². The normalized spacial score (nSPS) is 12.6. The first-order valence-electron chi connectivity index (χ1n) is 11.6. The molecule has 12 nitrogen and oxygen atoms in total. The van der Waals surface area contributed by atoms with Gasteiger partial charge in [0.2, 0.25) is 0 Å². The molecule has 0 spiro atoms. The predicted molar refractivity (Wildman–Crippen MR) is 135 cm³/mol. The molecule has 0 aliphatic rings. The third-order valence-electron chi connectivity index (χ3n) is 4.47. The van der Waals surface area contributed by atoms with Crippen LogP contribution in [0, 0.1) is 0 Å². The minimum Gasteiger partial charge on any atom is -0.446 e. The van der Waals surface area contributed by atoms with Crippen molar-refractivity contribution in [2.45, 2.75) is 39.0 Å². The highest BCUT2D eigenvalue weighted by Gasteiger charge is 2.16. The smallest absolute Gasteiger partial charge is 0.412 e. The zero-order valence-electron chi connectivity index (χ0n) is 20.9. The molecule has 2 aromatic carbocycles. The maximum absolute atomic E-state index is 12.0. The SMILES string of the molecule is CC(CNC(=O)OCC(C)OC(=O)Nc1ccccc1)NC(=O)OC(C)COC(=O)Nc1ccccc1. The summed E-state index contributed by atoms with van der Waals surface area (Å²) in [5.41, 5.74) is 1.16. The van der Waals surface area contributed by atoms with Gasteiger partial charge in [-0.1, -0.05) is 36.4 Å². The highest BCUT2D eigenvalue weighted by Crippen LogP contribution is 2.07. The summed E-state index contributed by atoms with van der Waals surface area (Å²) >= 11 is 0. The first-order chi connectivity index (χ1) is 17.7. The number of ether oxygens (including phenoxy) is 4. The fourth-order valence-electron chi connectivity index (χ4n) is 2.74. The Kier molecular flexibility index (Phi) is 12.0. The van der Waals surface area contributed by atoms with Crippen LogP contribution in [0.3, 0.4) is 0 Å². The van der Waals surface area contributed by atoms with Crippen molar-refractivity contribution in [1.82, 2.24) is 10.6 Å². The van der Waals surface area contributed by atoms with Gasteiger partial charge in [-0.15, -0.1) is 0 Å². The minimum absolute atomic E-state index is 0.0576. The molecule has 3 atom stereocenters. The Morgan fingerprint density at radius 2 is 1.11 bits per heavy atom. The van der Waals surface area contributed by atoms with Gasteiger partial charge in [-0.3, -0.25) is 10.6 Å². The lowest BCUT2D eigenvalue weighted by Gasteiger charge is -2.18. The molecular weight excluding hydrogens is 484 g/mol. The van der Waals surface area contributed by atoms with Crippen LogP contribution in [0.5, 0.6) is 0 Å². The van der Waals surface area contributed by atoms with Crippen molar-refractivity contribution in [3.63, 3.8) is 0 Å². The summed E-state index contributed by atoms with van der Waals surface area (Å²) in [6.45, 7) is 4.55. The zero-order valence-corrected chi connectivity index (χ0v) is 20.9. The number of nitrogens with one attached hydrogen (secondary N) is 4. The largest absolute Gasteiger partial charge is 0.446 e. The van der Waals surface area contributed by atoms with Crippen LogP contribution in [0.25, 0.3) is 0 Å². The van der Waals surface area contributed by atoms with Crippen molar-refractivity contribution in [3.8, 4) is 0 Å². The number of carbonyl (C=O) groups excluding carboxylic acids is 4. The second-order valence-electron chi connectivity index (χ2n) is 8.04. The number of anilines is 2. The summed E-state index contributed by atoms with van der Waals surface area (Å²) in [7, 11) is 0. The number of amides is 4. The fourth-order valence-corrected chi connectivity index (χ4v) is 2.74. The molecule has 0 saturated carbocycles. The molecule has 2 rings (SSSR count). The summed E-state index contributed by atoms with van der Waals surface area (Å²) in [5.74, 6) is 0. The van der Waals surface area contributed by atoms with E-state index in [0.717, 1.165) is 0 Å². The van der Waals surface area contributed by atoms with Crippen LogP contribution in [-0.4, -0.2) is 62.4 Å². The highest BCUT2D eigenvalue weighted by molar-refractivity contribution is 5.85. The van der Waals surface area contributed by atoms with Crippen molar-refractivity contribution in [2.24, 2.45) is 0 Å². The summed E-state index contributed by atoms with van der Waals surface area (Å²) in [5, 5.41) is 10.1. The molecule has 0 aromatic heterocycles. The molecule has 0 aliphatic heterocycles. The maximum atomic E-state index is 12.0. The van der Waals surface area contributed by atoms with Crippen LogP contribution in [0.15, 0.2) is 60.7 Å². The molecule has 0 saturated heterocycles. The van der Waals surface area contributed by atoms with Crippen LogP contribution < -0.4 is 21.3 Å². The van der Waals surface area contributed by atoms with Crippen LogP contribution in [0.1, 0.15) is 20.8 Å². The average Bonchev–Trinajstić information content (AvgIpc) is 2.86. The van der Waals surface area contributed by atoms with E-state index in [1.54, 1.807) is 69.3 Å². The van der Waals surface area contributed by atoms with E-state index in [0.29, 0.717) is 11.4 Å². The minimum atomic E-state index is -0.743. The number of hydrogen-bond acceptors (Lipinski definition) is 8. The Hall–Kier alpha value is -4.48. The van der Waals surface area contributed by atoms with Crippen LogP contribution in [0.4, 0.5) is 30.6 Å². The van der Waals surface area contributed by atoms with Gasteiger partial charge in [-0.2, -0.15) is 0 Å². The lowest BCUT2D eigenvalue weighted by Crippen LogP contribution is -2.43. The lowest BCUT2D eigenvalue weighted by molar-refractivity contribution is 0.0552. The molecule has 200 valence electrons. The first-order valence-corrected chi connectivity index (χ1v) is 11.6. The molecule has 0 radical (unpaired) electrons. The number of carbonyl (C=O) groups is 4. The van der Waals surface area contributed by atoms with E-state index in [1.165, 1.54) is 0 Å². The highest BCUT2D eigenvalue weighted by atomic mass is 16.6. The fraction of sp³-hybridized carbons (Fsp3) is 0.360. The summed E-state index contributed by atoms with van der Waals surface area (Å²) in [6, 6.07) is 17.1. The van der Waals surface area contributed by atoms with Crippen LogP contribution in [0.2, 0.25) is 0 Å². The molecular formula is C25H32N4O8. The van der Waals surface area contributed by atoms with Gasteiger partial charge in [0.05, 0.1) is 0 Å². The number of hydrogen-bond donors (Lipinski definition) is 4. The monoisotopic (exact) mass is 516 g/mol. The third kappa shape index (κ3) is 12.7. The third-order valence-corrected chi connectivity index (χ3v) is 4.47. The van der Waals surface area contributed by atoms with E-state index < -0.39 is 42.6 Å². The van der Waals surface area contributed by atoms with Gasteiger partial charge in [0.1, 0.15) is 25.4 Å². The summed E-state index contributed by atoms with van der Waals surface area (Å²) < 4.78 is 20.3. The zero-order chi connectivity index (χ0) is 27.0. The summed E-state index contributed by atoms with van der Waals surface area (Å²) in [6.07, 6.45) is -4.21. The van der Waals surface area contributed by atoms with E-state index in [1.807, 2.05) is 12.1 Å². The van der Waals surface area contributed by atoms with Gasteiger partial charge in [0, 0.05) is 24.0 Å². The second kappa shape index (κ2) is 15.5. The van der Waals surface area contributed by atoms with E-state index in [-0.39, 0.29) is 19.8 Å². The van der Waals surface area contributed by atoms with E-state index in [2.05, 4.69) is 21.3 Å². The number of alkyl carbamates (subject to hydrolysis) is 2. The topological polar surface area (TPSA) is 153 Å². The number of rotatable bonds is 11. The first kappa shape index (κ1) is 28.8. The Bertz CT molecular complexity index is 1010. The molecule has 3 unspecified atom stereocenters. The molecule has 37 heavy (non-hydrogen) atoms. The van der Waals surface area contributed by atoms with Crippen molar-refractivity contribution in [1.29, 1.82) is 0 Å². The number of benzene rings is 2. The Morgan fingerprint density at radius 1 is 0.649 bits per heavy atom. The molecule has 0 aliphatic carbocycles. The van der Waals surface area contributed by atoms with Crippen LogP contribution in [-0.2, 0) is 18.9 Å². The molecule has 0 fully saturated rings. The summed E-state index contributed by atoms with van der Waals surface area (Å²) in [4.78, 5) is 47.5. The van der Waals surface area contributed by atoms with Gasteiger partial charge >= 0.3 is 24.4 Å². The van der Waals surface area contributed by atoms with Gasteiger partial charge in [-0.05, 0) is 45.0 Å². The van der Waals surface area contributed by atoms with Gasteiger partial charge < -0.3 is 29.6 Å². The number of para-hydroxylation sites is 2. The van der Waals surface area contributed by atoms with Gasteiger partial charge in [0.15, 0.2) is 0 Å². The molecule has 2 aromatic rings. The quantitative estimate of drug-likeness (QED) is 0.326. The Labute approximate surface area is 215 Å². The standard InChI is InChI=1S/C25H32N4O8/c1-17(27-24(32)36-19(3)16-35-23(31)28-20-10-6-4-7-11-20)14-26-22(30)34-15-18(2)37-25(33)29-21-12-8-5-9-13-21/h4-13,17-19H,14-16H2,1-3H3,(H,26,30)(H,27,32)(H,28,31)(H,29,33). The van der Waals surface area contributed by atoms with Gasteiger partial charge in [0.25, 0.3) is 0 Å². The van der Waals surface area contributed by atoms with Crippen molar-refractivity contribution in [2.75, 3.05) is 30.4 Å². The van der Waals surface area contributed by atoms with E-state index in [4.69, 9.17) is 18.9 Å². The molecule has 4 amide bonds. The van der Waals surface area contributed by atoms with Crippen molar-refractivity contribution < 1.29 is 38.1 Å². The Morgan fingerprint density at radius 3 is 1.65 bits per heavy atom. The average molecular weight is 517 g/mol. The van der Waals surface area contributed by atoms with E-state index in [9.17, 15) is 19.2 Å². The second-order valence-corrected chi connectivity index (χ2v) is 8.04. The van der Waals surface area contributed by atoms with Crippen molar-refractivity contribution in [3.05, 3.63) is 60.7 Å². The molecule has 0 bridgehead atoms. The predicted octanol–water partition coefficient (Wildman–Crippen LogP) is 4.10. The molecule has 4 N–H and O–H groups in total. The van der Waals surface area contributed by atoms with Crippen molar-refractivity contribution >= 4 is 35.7 Å². The maximum Gasteiger partial charge on any atom is 0.412 e.